The molecule has 0 bridgehead atoms. The van der Waals surface area contributed by atoms with Gasteiger partial charge in [-0.05, 0) is 31.1 Å². The Morgan fingerprint density at radius 3 is 2.60 bits per heavy atom. The number of aliphatic hydroxyl groups is 1. The molecule has 0 radical (unpaired) electrons. The minimum atomic E-state index is 0.0996. The molecule has 1 aromatic heterocycles. The zero-order valence-corrected chi connectivity index (χ0v) is 10.0. The molecule has 3 nitrogen and oxygen atoms in total. The second kappa shape index (κ2) is 3.80. The SMILES string of the molecule is CCc1nn(C)c(CC2(CO)CC2)c1Cl. The highest BCUT2D eigenvalue weighted by molar-refractivity contribution is 6.31. The van der Waals surface area contributed by atoms with E-state index in [0.717, 1.165) is 42.1 Å². The molecule has 1 saturated carbocycles. The van der Waals surface area contributed by atoms with E-state index in [2.05, 4.69) is 12.0 Å². The third-order valence-corrected chi connectivity index (χ3v) is 3.77. The Kier molecular flexibility index (Phi) is 2.77. The van der Waals surface area contributed by atoms with Gasteiger partial charge in [-0.1, -0.05) is 18.5 Å². The maximum atomic E-state index is 9.29. The van der Waals surface area contributed by atoms with Gasteiger partial charge in [0.15, 0.2) is 0 Å². The van der Waals surface area contributed by atoms with Gasteiger partial charge in [0.25, 0.3) is 0 Å². The minimum Gasteiger partial charge on any atom is -0.396 e. The van der Waals surface area contributed by atoms with Crippen LogP contribution in [0.5, 0.6) is 0 Å². The average Bonchev–Trinajstić information content (AvgIpc) is 2.96. The van der Waals surface area contributed by atoms with E-state index >= 15 is 0 Å². The lowest BCUT2D eigenvalue weighted by atomic mass is 10.0. The number of hydrogen-bond acceptors (Lipinski definition) is 2. The summed E-state index contributed by atoms with van der Waals surface area (Å²) in [5.74, 6) is 0. The molecule has 1 aromatic rings. The molecule has 15 heavy (non-hydrogen) atoms. The van der Waals surface area contributed by atoms with E-state index < -0.39 is 0 Å². The van der Waals surface area contributed by atoms with Crippen LogP contribution in [0.4, 0.5) is 0 Å². The fraction of sp³-hybridized carbons (Fsp3) is 0.727. The van der Waals surface area contributed by atoms with Crippen LogP contribution in [0.2, 0.25) is 5.02 Å². The van der Waals surface area contributed by atoms with Crippen LogP contribution in [-0.2, 0) is 19.9 Å². The van der Waals surface area contributed by atoms with Crippen molar-refractivity contribution in [1.29, 1.82) is 0 Å². The Morgan fingerprint density at radius 2 is 2.20 bits per heavy atom. The van der Waals surface area contributed by atoms with Crippen molar-refractivity contribution in [3.63, 3.8) is 0 Å². The van der Waals surface area contributed by atoms with E-state index in [-0.39, 0.29) is 12.0 Å². The van der Waals surface area contributed by atoms with E-state index in [1.807, 2.05) is 11.7 Å². The molecule has 84 valence electrons. The van der Waals surface area contributed by atoms with E-state index in [4.69, 9.17) is 11.6 Å². The molecule has 0 atom stereocenters. The monoisotopic (exact) mass is 228 g/mol. The number of aromatic nitrogens is 2. The number of rotatable bonds is 4. The lowest BCUT2D eigenvalue weighted by Crippen LogP contribution is -2.13. The van der Waals surface area contributed by atoms with Gasteiger partial charge in [-0.3, -0.25) is 4.68 Å². The van der Waals surface area contributed by atoms with Crippen LogP contribution in [0.1, 0.15) is 31.2 Å². The second-order valence-corrected chi connectivity index (χ2v) is 4.90. The minimum absolute atomic E-state index is 0.0996. The van der Waals surface area contributed by atoms with E-state index in [9.17, 15) is 5.11 Å². The van der Waals surface area contributed by atoms with Gasteiger partial charge < -0.3 is 5.11 Å². The number of hydrogen-bond donors (Lipinski definition) is 1. The summed E-state index contributed by atoms with van der Waals surface area (Å²) in [5, 5.41) is 14.5. The van der Waals surface area contributed by atoms with Gasteiger partial charge in [0.1, 0.15) is 0 Å². The van der Waals surface area contributed by atoms with Crippen LogP contribution in [-0.4, -0.2) is 21.5 Å². The molecule has 1 aliphatic rings. The fourth-order valence-corrected chi connectivity index (χ4v) is 2.30. The third kappa shape index (κ3) is 1.91. The number of nitrogens with zero attached hydrogens (tertiary/aromatic N) is 2. The van der Waals surface area contributed by atoms with Gasteiger partial charge in [-0.15, -0.1) is 0 Å². The topological polar surface area (TPSA) is 38.0 Å². The van der Waals surface area contributed by atoms with Crippen LogP contribution in [0, 0.1) is 5.41 Å². The fourth-order valence-electron chi connectivity index (χ4n) is 1.93. The van der Waals surface area contributed by atoms with E-state index in [1.165, 1.54) is 0 Å². The van der Waals surface area contributed by atoms with Crippen LogP contribution >= 0.6 is 11.6 Å². The number of halogens is 1. The van der Waals surface area contributed by atoms with Gasteiger partial charge >= 0.3 is 0 Å². The summed E-state index contributed by atoms with van der Waals surface area (Å²) in [6.07, 6.45) is 3.92. The highest BCUT2D eigenvalue weighted by Gasteiger charge is 2.43. The molecule has 1 fully saturated rings. The van der Waals surface area contributed by atoms with Gasteiger partial charge in [0, 0.05) is 13.7 Å². The molecule has 0 unspecified atom stereocenters. The molecule has 1 heterocycles. The summed E-state index contributed by atoms with van der Waals surface area (Å²) in [7, 11) is 1.92. The predicted molar refractivity (Wildman–Crippen MR) is 60.1 cm³/mol. The Morgan fingerprint density at radius 1 is 1.53 bits per heavy atom. The Balaban J connectivity index is 2.24. The summed E-state index contributed by atoms with van der Waals surface area (Å²) in [5.41, 5.74) is 2.13. The van der Waals surface area contributed by atoms with Crippen molar-refractivity contribution in [2.45, 2.75) is 32.6 Å². The van der Waals surface area contributed by atoms with Crippen LogP contribution in [0.3, 0.4) is 0 Å². The van der Waals surface area contributed by atoms with Crippen molar-refractivity contribution in [2.75, 3.05) is 6.61 Å². The Bertz CT molecular complexity index is 369. The summed E-state index contributed by atoms with van der Waals surface area (Å²) < 4.78 is 1.86. The van der Waals surface area contributed by atoms with Gasteiger partial charge in [-0.25, -0.2) is 0 Å². The summed E-state index contributed by atoms with van der Waals surface area (Å²) >= 11 is 6.26. The quantitative estimate of drug-likeness (QED) is 0.856. The molecule has 0 aromatic carbocycles. The first kappa shape index (κ1) is 11.0. The van der Waals surface area contributed by atoms with Crippen molar-refractivity contribution < 1.29 is 5.11 Å². The smallest absolute Gasteiger partial charge is 0.0849 e. The van der Waals surface area contributed by atoms with Crippen molar-refractivity contribution in [3.8, 4) is 0 Å². The Labute approximate surface area is 95.0 Å². The number of aryl methyl sites for hydroxylation is 2. The maximum Gasteiger partial charge on any atom is 0.0849 e. The maximum absolute atomic E-state index is 9.29. The second-order valence-electron chi connectivity index (χ2n) is 4.52. The van der Waals surface area contributed by atoms with Crippen LogP contribution < -0.4 is 0 Å². The van der Waals surface area contributed by atoms with Crippen molar-refractivity contribution in [2.24, 2.45) is 12.5 Å². The molecule has 0 amide bonds. The molecule has 4 heteroatoms. The summed E-state index contributed by atoms with van der Waals surface area (Å²) in [4.78, 5) is 0. The van der Waals surface area contributed by atoms with Crippen molar-refractivity contribution in [1.82, 2.24) is 9.78 Å². The van der Waals surface area contributed by atoms with E-state index in [1.54, 1.807) is 0 Å². The predicted octanol–water partition coefficient (Wildman–Crippen LogP) is 1.95. The van der Waals surface area contributed by atoms with Crippen LogP contribution in [0.15, 0.2) is 0 Å². The Hall–Kier alpha value is -0.540. The van der Waals surface area contributed by atoms with Crippen molar-refractivity contribution >= 4 is 11.6 Å². The van der Waals surface area contributed by atoms with Gasteiger partial charge in [0.2, 0.25) is 0 Å². The standard InChI is InChI=1S/C11H17ClN2O/c1-3-8-10(12)9(14(2)13-8)6-11(7-15)4-5-11/h15H,3-7H2,1-2H3. The molecule has 0 spiro atoms. The van der Waals surface area contributed by atoms with Gasteiger partial charge in [0.05, 0.1) is 16.4 Å². The lowest BCUT2D eigenvalue weighted by Gasteiger charge is -2.11. The highest BCUT2D eigenvalue weighted by Crippen LogP contribution is 2.48. The summed E-state index contributed by atoms with van der Waals surface area (Å²) in [6, 6.07) is 0. The third-order valence-electron chi connectivity index (χ3n) is 3.34. The first-order chi connectivity index (χ1) is 7.12. The molecule has 0 aliphatic heterocycles. The van der Waals surface area contributed by atoms with Crippen LogP contribution in [0.25, 0.3) is 0 Å². The molecular weight excluding hydrogens is 212 g/mol. The first-order valence-corrected chi connectivity index (χ1v) is 5.81. The largest absolute Gasteiger partial charge is 0.396 e. The molecular formula is C11H17ClN2O. The molecule has 2 rings (SSSR count). The molecule has 0 saturated heterocycles. The lowest BCUT2D eigenvalue weighted by molar-refractivity contribution is 0.209. The molecule has 1 N–H and O–H groups in total. The summed E-state index contributed by atoms with van der Waals surface area (Å²) in [6.45, 7) is 2.31. The normalized spacial score (nSPS) is 18.1. The van der Waals surface area contributed by atoms with Gasteiger partial charge in [-0.2, -0.15) is 5.10 Å². The highest BCUT2D eigenvalue weighted by atomic mass is 35.5. The van der Waals surface area contributed by atoms with E-state index in [0.29, 0.717) is 0 Å². The zero-order chi connectivity index (χ0) is 11.1. The molecule has 1 aliphatic carbocycles. The zero-order valence-electron chi connectivity index (χ0n) is 9.26. The van der Waals surface area contributed by atoms with Crippen molar-refractivity contribution in [3.05, 3.63) is 16.4 Å². The first-order valence-electron chi connectivity index (χ1n) is 5.43. The number of aliphatic hydroxyl groups excluding tert-OH is 1. The average molecular weight is 229 g/mol.